The smallest absolute Gasteiger partial charge is 0.306 e. The van der Waals surface area contributed by atoms with Crippen LogP contribution in [0.5, 0.6) is 0 Å². The predicted molar refractivity (Wildman–Crippen MR) is 404 cm³/mol. The van der Waals surface area contributed by atoms with Gasteiger partial charge in [-0.2, -0.15) is 0 Å². The summed E-state index contributed by atoms with van der Waals surface area (Å²) in [7, 11) is 1.21. The number of nitrogens with one attached hydrogen (secondary N) is 1. The molecule has 0 saturated heterocycles. The van der Waals surface area contributed by atoms with Gasteiger partial charge in [-0.1, -0.05) is 365 Å². The molecule has 1 N–H and O–H groups in total. The second-order valence-electron chi connectivity index (χ2n) is 29.3. The monoisotopic (exact) mass is 1330 g/mol. The molecule has 0 aromatic rings. The van der Waals surface area contributed by atoms with E-state index in [-0.39, 0.29) is 31.5 Å². The number of amides is 1. The van der Waals surface area contributed by atoms with E-state index in [9.17, 15) is 19.0 Å². The van der Waals surface area contributed by atoms with Crippen LogP contribution in [-0.4, -0.2) is 69.4 Å². The van der Waals surface area contributed by atoms with Gasteiger partial charge in [-0.05, 0) is 89.5 Å². The van der Waals surface area contributed by atoms with Gasteiger partial charge in [-0.15, -0.1) is 0 Å². The quantitative estimate of drug-likeness (QED) is 0.0212. The van der Waals surface area contributed by atoms with E-state index in [1.54, 1.807) is 0 Å². The molecule has 9 nitrogen and oxygen atoms in total. The third-order valence-corrected chi connectivity index (χ3v) is 19.7. The third-order valence-electron chi connectivity index (χ3n) is 18.7. The van der Waals surface area contributed by atoms with Crippen LogP contribution in [0, 0.1) is 0 Å². The molecule has 3 unspecified atom stereocenters. The lowest BCUT2D eigenvalue weighted by Gasteiger charge is -2.30. The van der Waals surface area contributed by atoms with Gasteiger partial charge in [0.15, 0.2) is 0 Å². The molecule has 0 aliphatic rings. The Kier molecular flexibility index (Phi) is 71.1. The number of carbonyl (C=O) groups excluding carboxylic acids is 2. The topological polar surface area (TPSA) is 114 Å². The zero-order valence-corrected chi connectivity index (χ0v) is 63.9. The van der Waals surface area contributed by atoms with Crippen molar-refractivity contribution in [3.63, 3.8) is 0 Å². The third kappa shape index (κ3) is 74.0. The average molecular weight is 1330 g/mol. The van der Waals surface area contributed by atoms with E-state index in [1.165, 1.54) is 321 Å². The van der Waals surface area contributed by atoms with Crippen LogP contribution >= 0.6 is 7.82 Å². The number of hydrogen-bond acceptors (Lipinski definition) is 7. The Bertz CT molecular complexity index is 1730. The van der Waals surface area contributed by atoms with E-state index in [2.05, 4.69) is 62.5 Å². The first-order valence-corrected chi connectivity index (χ1v) is 42.4. The Hall–Kier alpha value is -2.03. The molecule has 0 aromatic heterocycles. The van der Waals surface area contributed by atoms with Crippen molar-refractivity contribution < 1.29 is 37.3 Å². The number of rotatable bonds is 76. The van der Waals surface area contributed by atoms with Crippen LogP contribution in [0.3, 0.4) is 0 Å². The number of esters is 1. The molecule has 0 radical (unpaired) electrons. The summed E-state index contributed by atoms with van der Waals surface area (Å²) in [5, 5.41) is 3.06. The second kappa shape index (κ2) is 72.7. The van der Waals surface area contributed by atoms with Crippen LogP contribution < -0.4 is 10.2 Å². The molecular weight excluding hydrogens is 1170 g/mol. The maximum Gasteiger partial charge on any atom is 0.306 e. The fraction of sp³-hybridized carbons (Fsp3) is 0.880. The van der Waals surface area contributed by atoms with Crippen LogP contribution in [-0.2, 0) is 27.9 Å². The summed E-state index contributed by atoms with van der Waals surface area (Å²) in [5.74, 6) is -0.516. The van der Waals surface area contributed by atoms with E-state index < -0.39 is 20.0 Å². The fourth-order valence-electron chi connectivity index (χ4n) is 12.4. The Morgan fingerprint density at radius 1 is 0.376 bits per heavy atom. The van der Waals surface area contributed by atoms with Crippen molar-refractivity contribution >= 4 is 19.7 Å². The molecule has 0 bridgehead atoms. The normalized spacial score (nSPS) is 13.6. The predicted octanol–water partition coefficient (Wildman–Crippen LogP) is 26.1. The number of hydrogen-bond donors (Lipinski definition) is 1. The molecule has 3 atom stereocenters. The molecule has 1 amide bonds. The van der Waals surface area contributed by atoms with Gasteiger partial charge in [0.2, 0.25) is 5.91 Å². The van der Waals surface area contributed by atoms with Crippen molar-refractivity contribution in [2.24, 2.45) is 0 Å². The summed E-state index contributed by atoms with van der Waals surface area (Å²) < 4.78 is 30.6. The fourth-order valence-corrected chi connectivity index (χ4v) is 13.2. The first kappa shape index (κ1) is 91.0. The van der Waals surface area contributed by atoms with Crippen molar-refractivity contribution in [3.8, 4) is 0 Å². The molecule has 0 saturated carbocycles. The number of phosphoric ester groups is 1. The lowest BCUT2D eigenvalue weighted by atomic mass is 10.0. The van der Waals surface area contributed by atoms with Gasteiger partial charge < -0.3 is 28.5 Å². The number of unbranched alkanes of at least 4 members (excludes halogenated alkanes) is 54. The van der Waals surface area contributed by atoms with Crippen LogP contribution in [0.25, 0.3) is 0 Å². The number of quaternary nitrogens is 1. The SMILES string of the molecule is CCCCC/C=C\C/C=C\CCCCCCCCCCCCCCCCCCCC(=O)NC(COP(=O)([O-])OCC[N+](C)(C)C)C(/C=C/CCCCCCCCCCCCC)OC(=O)CCCCCCCCCCCCCCCCCCC/C=C/CCCCCCCC. The standard InChI is InChI=1S/C83H159N2O7P/c1-7-10-13-16-19-22-25-28-30-32-34-36-38-40-42-44-46-48-50-52-54-57-60-63-66-69-72-75-82(86)84-80(79-91-93(88,89)90-78-77-85(4,5)6)81(74-71-68-65-62-59-56-27-24-21-18-15-12-9-3)92-83(87)76-73-70-67-64-61-58-55-53-51-49-47-45-43-41-39-37-35-33-31-29-26-23-20-17-14-11-8-2/h19,22,28-31,71,74,80-81H,7-18,20-21,23-27,32-70,72-73,75-79H2,1-6H3,(H-,84,86,88,89)/b22-19-,30-28-,31-29+,74-71+. The molecule has 548 valence electrons. The van der Waals surface area contributed by atoms with Crippen molar-refractivity contribution in [1.29, 1.82) is 0 Å². The first-order chi connectivity index (χ1) is 45.4. The van der Waals surface area contributed by atoms with E-state index in [0.717, 1.165) is 64.2 Å². The van der Waals surface area contributed by atoms with E-state index in [0.29, 0.717) is 17.4 Å². The molecular formula is C83H159N2O7P. The highest BCUT2D eigenvalue weighted by molar-refractivity contribution is 7.45. The Morgan fingerprint density at radius 2 is 0.656 bits per heavy atom. The summed E-state index contributed by atoms with van der Waals surface area (Å²) in [6.45, 7) is 6.89. The summed E-state index contributed by atoms with van der Waals surface area (Å²) in [5.41, 5.74) is 0. The van der Waals surface area contributed by atoms with Crippen molar-refractivity contribution in [2.75, 3.05) is 40.9 Å². The lowest BCUT2D eigenvalue weighted by molar-refractivity contribution is -0.870. The zero-order chi connectivity index (χ0) is 67.8. The second-order valence-corrected chi connectivity index (χ2v) is 30.7. The van der Waals surface area contributed by atoms with E-state index >= 15 is 0 Å². The highest BCUT2D eigenvalue weighted by Crippen LogP contribution is 2.38. The van der Waals surface area contributed by atoms with Gasteiger partial charge in [0.1, 0.15) is 19.3 Å². The molecule has 0 aliphatic heterocycles. The summed E-state index contributed by atoms with van der Waals surface area (Å²) in [6.07, 6.45) is 94.1. The Labute approximate surface area is 579 Å². The van der Waals surface area contributed by atoms with Gasteiger partial charge in [-0.3, -0.25) is 14.2 Å². The van der Waals surface area contributed by atoms with E-state index in [4.69, 9.17) is 13.8 Å². The largest absolute Gasteiger partial charge is 0.756 e. The molecule has 93 heavy (non-hydrogen) atoms. The summed E-state index contributed by atoms with van der Waals surface area (Å²) in [6, 6.07) is -0.887. The summed E-state index contributed by atoms with van der Waals surface area (Å²) >= 11 is 0. The van der Waals surface area contributed by atoms with Gasteiger partial charge >= 0.3 is 5.97 Å². The minimum atomic E-state index is -4.71. The average Bonchev–Trinajstić information content (AvgIpc) is 2.31. The number of ether oxygens (including phenoxy) is 1. The molecule has 0 aromatic carbocycles. The van der Waals surface area contributed by atoms with Crippen molar-refractivity contribution in [2.45, 2.75) is 431 Å². The van der Waals surface area contributed by atoms with Gasteiger partial charge in [0.25, 0.3) is 7.82 Å². The molecule has 10 heteroatoms. The highest BCUT2D eigenvalue weighted by atomic mass is 31.2. The summed E-state index contributed by atoms with van der Waals surface area (Å²) in [4.78, 5) is 40.4. The lowest BCUT2D eigenvalue weighted by Crippen LogP contribution is -2.47. The first-order valence-electron chi connectivity index (χ1n) is 40.9. The van der Waals surface area contributed by atoms with Crippen LogP contribution in [0.4, 0.5) is 0 Å². The molecule has 0 aliphatic carbocycles. The van der Waals surface area contributed by atoms with Crippen molar-refractivity contribution in [3.05, 3.63) is 48.6 Å². The Balaban J connectivity index is 4.89. The maximum absolute atomic E-state index is 13.7. The zero-order valence-electron chi connectivity index (χ0n) is 63.0. The molecule has 0 rings (SSSR count). The number of nitrogens with zero attached hydrogens (tertiary/aromatic N) is 1. The number of likely N-dealkylation sites (N-methyl/N-ethyl adjacent to an activating group) is 1. The number of carbonyl (C=O) groups is 2. The van der Waals surface area contributed by atoms with Crippen LogP contribution in [0.2, 0.25) is 0 Å². The van der Waals surface area contributed by atoms with Gasteiger partial charge in [0, 0.05) is 12.8 Å². The molecule has 0 spiro atoms. The number of allylic oxidation sites excluding steroid dienone is 7. The van der Waals surface area contributed by atoms with Gasteiger partial charge in [0.05, 0.1) is 33.8 Å². The Morgan fingerprint density at radius 3 is 1.00 bits per heavy atom. The van der Waals surface area contributed by atoms with Gasteiger partial charge in [-0.25, -0.2) is 0 Å². The van der Waals surface area contributed by atoms with Crippen LogP contribution in [0.1, 0.15) is 419 Å². The maximum atomic E-state index is 13.7. The molecule has 0 heterocycles. The highest BCUT2D eigenvalue weighted by Gasteiger charge is 2.27. The van der Waals surface area contributed by atoms with Crippen LogP contribution in [0.15, 0.2) is 48.6 Å². The minimum Gasteiger partial charge on any atom is -0.756 e. The number of phosphoric acid groups is 1. The molecule has 0 fully saturated rings. The van der Waals surface area contributed by atoms with E-state index in [1.807, 2.05) is 33.3 Å². The van der Waals surface area contributed by atoms with Crippen molar-refractivity contribution in [1.82, 2.24) is 5.32 Å². The minimum absolute atomic E-state index is 0.0194.